The van der Waals surface area contributed by atoms with Gasteiger partial charge in [0.25, 0.3) is 0 Å². The van der Waals surface area contributed by atoms with Gasteiger partial charge in [-0.1, -0.05) is 66.7 Å². The highest BCUT2D eigenvalue weighted by molar-refractivity contribution is 5.77. The van der Waals surface area contributed by atoms with E-state index >= 15 is 0 Å². The Morgan fingerprint density at radius 2 is 1.39 bits per heavy atom. The molecule has 3 aromatic carbocycles. The third-order valence-corrected chi connectivity index (χ3v) is 5.13. The second-order valence-corrected chi connectivity index (χ2v) is 6.87. The van der Waals surface area contributed by atoms with Gasteiger partial charge in [0.1, 0.15) is 0 Å². The Morgan fingerprint density at radius 1 is 0.839 bits per heavy atom. The second-order valence-electron chi connectivity index (χ2n) is 6.87. The van der Waals surface area contributed by atoms with Crippen LogP contribution in [0.4, 0.5) is 0 Å². The van der Waals surface area contributed by atoms with Crippen LogP contribution in [0, 0.1) is 0 Å². The number of carbonyl (C=O) groups is 1. The summed E-state index contributed by atoms with van der Waals surface area (Å²) >= 11 is 0. The highest BCUT2D eigenvalue weighted by Gasteiger charge is 2.47. The summed E-state index contributed by atoms with van der Waals surface area (Å²) in [4.78, 5) is 12.5. The van der Waals surface area contributed by atoms with Crippen LogP contribution in [0.25, 0.3) is 0 Å². The zero-order chi connectivity index (χ0) is 22.3. The first-order valence-electron chi connectivity index (χ1n) is 9.78. The minimum absolute atomic E-state index is 0.0954. The molecule has 0 saturated heterocycles. The molecule has 0 aliphatic carbocycles. The molecule has 6 nitrogen and oxygen atoms in total. The minimum atomic E-state index is -1.59. The van der Waals surface area contributed by atoms with Crippen LogP contribution in [0.3, 0.4) is 0 Å². The standard InChI is InChI=1S/C25H26O6/c1-28-21-15-14-18(16-22(21)29-2)17-31-25(23(26)24(27)30-3,19-10-6-4-7-11-19)20-12-8-5-9-13-20/h4-16,23,26H,17H2,1-3H3. The largest absolute Gasteiger partial charge is 0.493 e. The van der Waals surface area contributed by atoms with Crippen LogP contribution in [0.15, 0.2) is 78.9 Å². The third kappa shape index (κ3) is 4.55. The van der Waals surface area contributed by atoms with Crippen LogP contribution in [-0.4, -0.2) is 38.5 Å². The van der Waals surface area contributed by atoms with Gasteiger partial charge in [-0.25, -0.2) is 4.79 Å². The molecule has 0 aliphatic rings. The first-order chi connectivity index (χ1) is 15.1. The van der Waals surface area contributed by atoms with E-state index in [2.05, 4.69) is 0 Å². The van der Waals surface area contributed by atoms with Gasteiger partial charge in [0.15, 0.2) is 23.2 Å². The molecule has 162 valence electrons. The molecule has 31 heavy (non-hydrogen) atoms. The highest BCUT2D eigenvalue weighted by Crippen LogP contribution is 2.39. The summed E-state index contributed by atoms with van der Waals surface area (Å²) < 4.78 is 21.9. The quantitative estimate of drug-likeness (QED) is 0.530. The van der Waals surface area contributed by atoms with Crippen LogP contribution in [0.2, 0.25) is 0 Å². The topological polar surface area (TPSA) is 74.2 Å². The molecule has 0 saturated carbocycles. The lowest BCUT2D eigenvalue weighted by Gasteiger charge is -2.37. The molecule has 6 heteroatoms. The lowest BCUT2D eigenvalue weighted by Crippen LogP contribution is -2.48. The van der Waals surface area contributed by atoms with Gasteiger partial charge < -0.3 is 24.1 Å². The van der Waals surface area contributed by atoms with Crippen LogP contribution in [-0.2, 0) is 26.5 Å². The number of aliphatic hydroxyl groups excluding tert-OH is 1. The molecule has 1 atom stereocenters. The highest BCUT2D eigenvalue weighted by atomic mass is 16.6. The molecule has 1 N–H and O–H groups in total. The van der Waals surface area contributed by atoms with E-state index in [0.717, 1.165) is 5.56 Å². The van der Waals surface area contributed by atoms with Crippen molar-refractivity contribution in [3.63, 3.8) is 0 Å². The van der Waals surface area contributed by atoms with Crippen LogP contribution >= 0.6 is 0 Å². The molecular weight excluding hydrogens is 396 g/mol. The van der Waals surface area contributed by atoms with E-state index in [4.69, 9.17) is 18.9 Å². The van der Waals surface area contributed by atoms with Gasteiger partial charge in [0.05, 0.1) is 27.9 Å². The molecule has 0 aliphatic heterocycles. The SMILES string of the molecule is COC(=O)C(O)C(OCc1ccc(OC)c(OC)c1)(c1ccccc1)c1ccccc1. The van der Waals surface area contributed by atoms with Gasteiger partial charge in [-0.3, -0.25) is 0 Å². The lowest BCUT2D eigenvalue weighted by atomic mass is 9.81. The number of hydrogen-bond donors (Lipinski definition) is 1. The van der Waals surface area contributed by atoms with Crippen molar-refractivity contribution in [1.29, 1.82) is 0 Å². The van der Waals surface area contributed by atoms with E-state index in [1.807, 2.05) is 66.7 Å². The summed E-state index contributed by atoms with van der Waals surface area (Å²) in [6, 6.07) is 23.7. The summed E-state index contributed by atoms with van der Waals surface area (Å²) in [5.41, 5.74) is 0.549. The molecule has 1 unspecified atom stereocenters. The van der Waals surface area contributed by atoms with Gasteiger partial charge in [-0.2, -0.15) is 0 Å². The van der Waals surface area contributed by atoms with Crippen molar-refractivity contribution in [2.75, 3.05) is 21.3 Å². The van der Waals surface area contributed by atoms with Gasteiger partial charge in [0.2, 0.25) is 0 Å². The predicted molar refractivity (Wildman–Crippen MR) is 116 cm³/mol. The zero-order valence-corrected chi connectivity index (χ0v) is 17.8. The number of hydrogen-bond acceptors (Lipinski definition) is 6. The average molecular weight is 422 g/mol. The van der Waals surface area contributed by atoms with Crippen LogP contribution < -0.4 is 9.47 Å². The van der Waals surface area contributed by atoms with Crippen molar-refractivity contribution in [1.82, 2.24) is 0 Å². The Balaban J connectivity index is 2.10. The number of benzene rings is 3. The Morgan fingerprint density at radius 3 is 1.87 bits per heavy atom. The minimum Gasteiger partial charge on any atom is -0.493 e. The zero-order valence-electron chi connectivity index (χ0n) is 17.8. The summed E-state index contributed by atoms with van der Waals surface area (Å²) in [5.74, 6) is 0.361. The number of aliphatic hydroxyl groups is 1. The molecule has 0 radical (unpaired) electrons. The van der Waals surface area contributed by atoms with Crippen molar-refractivity contribution in [2.45, 2.75) is 18.3 Å². The smallest absolute Gasteiger partial charge is 0.338 e. The number of ether oxygens (including phenoxy) is 4. The fraction of sp³-hybridized carbons (Fsp3) is 0.240. The molecule has 0 bridgehead atoms. The van der Waals surface area contributed by atoms with Crippen LogP contribution in [0.1, 0.15) is 16.7 Å². The van der Waals surface area contributed by atoms with E-state index in [1.165, 1.54) is 7.11 Å². The third-order valence-electron chi connectivity index (χ3n) is 5.13. The average Bonchev–Trinajstić information content (AvgIpc) is 2.84. The maximum atomic E-state index is 12.5. The lowest BCUT2D eigenvalue weighted by molar-refractivity contribution is -0.172. The van der Waals surface area contributed by atoms with E-state index in [1.54, 1.807) is 26.4 Å². The fourth-order valence-corrected chi connectivity index (χ4v) is 3.54. The van der Waals surface area contributed by atoms with Gasteiger partial charge in [-0.15, -0.1) is 0 Å². The van der Waals surface area contributed by atoms with E-state index in [9.17, 15) is 9.90 Å². The fourth-order valence-electron chi connectivity index (χ4n) is 3.54. The maximum absolute atomic E-state index is 12.5. The Hall–Kier alpha value is -3.35. The summed E-state index contributed by atoms with van der Waals surface area (Å²) in [6.45, 7) is 0.0954. The van der Waals surface area contributed by atoms with Crippen molar-refractivity contribution >= 4 is 5.97 Å². The van der Waals surface area contributed by atoms with Crippen LogP contribution in [0.5, 0.6) is 11.5 Å². The molecule has 0 fully saturated rings. The van der Waals surface area contributed by atoms with Crippen molar-refractivity contribution < 1.29 is 28.8 Å². The van der Waals surface area contributed by atoms with Crippen molar-refractivity contribution in [3.8, 4) is 11.5 Å². The summed E-state index contributed by atoms with van der Waals surface area (Å²) in [7, 11) is 4.36. The molecule has 0 aromatic heterocycles. The van der Waals surface area contributed by atoms with E-state index in [0.29, 0.717) is 22.6 Å². The van der Waals surface area contributed by atoms with Crippen molar-refractivity contribution in [3.05, 3.63) is 95.6 Å². The molecule has 0 spiro atoms. The molecule has 0 amide bonds. The Kier molecular flexibility index (Phi) is 7.28. The maximum Gasteiger partial charge on any atom is 0.338 e. The van der Waals surface area contributed by atoms with Crippen molar-refractivity contribution in [2.24, 2.45) is 0 Å². The Labute approximate surface area is 182 Å². The summed E-state index contributed by atoms with van der Waals surface area (Å²) in [5, 5.41) is 11.2. The molecule has 3 aromatic rings. The first-order valence-corrected chi connectivity index (χ1v) is 9.78. The first kappa shape index (κ1) is 22.3. The molecular formula is C25H26O6. The van der Waals surface area contributed by atoms with E-state index < -0.39 is 17.7 Å². The summed E-state index contributed by atoms with van der Waals surface area (Å²) in [6.07, 6.45) is -1.59. The predicted octanol–water partition coefficient (Wildman–Crippen LogP) is 3.70. The number of rotatable bonds is 9. The second kappa shape index (κ2) is 10.1. The Bertz CT molecular complexity index is 948. The molecule has 0 heterocycles. The van der Waals surface area contributed by atoms with Gasteiger partial charge in [0, 0.05) is 0 Å². The van der Waals surface area contributed by atoms with Gasteiger partial charge in [-0.05, 0) is 28.8 Å². The molecule has 3 rings (SSSR count). The van der Waals surface area contributed by atoms with Gasteiger partial charge >= 0.3 is 5.97 Å². The van der Waals surface area contributed by atoms with E-state index in [-0.39, 0.29) is 6.61 Å². The number of carbonyl (C=O) groups excluding carboxylic acids is 1. The number of methoxy groups -OCH3 is 3. The normalized spacial score (nSPS) is 12.1. The number of esters is 1. The monoisotopic (exact) mass is 422 g/mol.